The third kappa shape index (κ3) is 5.74. The first-order chi connectivity index (χ1) is 17.2. The number of nitrogens with zero attached hydrogens (tertiary/aromatic N) is 4. The third-order valence-corrected chi connectivity index (χ3v) is 6.83. The van der Waals surface area contributed by atoms with Crippen LogP contribution in [-0.4, -0.2) is 31.8 Å². The Balaban J connectivity index is 1.29. The summed E-state index contributed by atoms with van der Waals surface area (Å²) in [4.78, 5) is 21.8. The Morgan fingerprint density at radius 1 is 0.800 bits per heavy atom. The van der Waals surface area contributed by atoms with E-state index in [1.165, 1.54) is 23.1 Å². The number of nitrogens with one attached hydrogen (secondary N) is 1. The van der Waals surface area contributed by atoms with Gasteiger partial charge in [-0.25, -0.2) is 9.97 Å². The number of amides is 1. The van der Waals surface area contributed by atoms with E-state index in [9.17, 15) is 4.79 Å². The van der Waals surface area contributed by atoms with Crippen LogP contribution in [0.5, 0.6) is 0 Å². The molecule has 0 bridgehead atoms. The summed E-state index contributed by atoms with van der Waals surface area (Å²) in [6, 6.07) is 27.1. The molecule has 35 heavy (non-hydrogen) atoms. The fourth-order valence-corrected chi connectivity index (χ4v) is 4.78. The molecule has 1 N–H and O–H groups in total. The van der Waals surface area contributed by atoms with Gasteiger partial charge in [0, 0.05) is 27.1 Å². The van der Waals surface area contributed by atoms with Crippen LogP contribution in [0.4, 0.5) is 5.13 Å². The summed E-state index contributed by atoms with van der Waals surface area (Å²) >= 11 is 8.55. The van der Waals surface area contributed by atoms with Crippen LogP contribution < -0.4 is 5.32 Å². The number of benzene rings is 3. The molecule has 2 heterocycles. The van der Waals surface area contributed by atoms with Gasteiger partial charge in [-0.05, 0) is 12.1 Å². The van der Waals surface area contributed by atoms with Crippen molar-refractivity contribution in [2.24, 2.45) is 0 Å². The van der Waals surface area contributed by atoms with Crippen LogP contribution in [0.2, 0.25) is 5.02 Å². The molecular weight excluding hydrogens is 498 g/mol. The molecule has 6 nitrogen and oxygen atoms in total. The summed E-state index contributed by atoms with van der Waals surface area (Å²) in [7, 11) is 0. The molecule has 0 saturated heterocycles. The van der Waals surface area contributed by atoms with Crippen molar-refractivity contribution in [3.63, 3.8) is 0 Å². The van der Waals surface area contributed by atoms with E-state index in [0.717, 1.165) is 28.1 Å². The molecule has 172 valence electrons. The number of carbonyl (C=O) groups is 1. The van der Waals surface area contributed by atoms with Gasteiger partial charge >= 0.3 is 0 Å². The molecule has 0 aliphatic heterocycles. The standard InChI is InChI=1S/C26H18ClN5OS2/c27-20-13-11-17(12-14-20)21-15-34-25(28-21)29-22(33)16-35-26-30-23(18-7-3-1-4-8-18)24(31-32-26)19-9-5-2-6-10-19/h1-15H,16H2,(H,28,29,33). The van der Waals surface area contributed by atoms with Gasteiger partial charge in [0.15, 0.2) is 5.13 Å². The van der Waals surface area contributed by atoms with Gasteiger partial charge in [0.1, 0.15) is 11.4 Å². The molecular formula is C26H18ClN5OS2. The molecule has 0 saturated carbocycles. The molecule has 5 rings (SSSR count). The number of thioether (sulfide) groups is 1. The molecule has 0 radical (unpaired) electrons. The monoisotopic (exact) mass is 515 g/mol. The zero-order chi connectivity index (χ0) is 24.0. The zero-order valence-electron chi connectivity index (χ0n) is 18.3. The van der Waals surface area contributed by atoms with Crippen molar-refractivity contribution in [2.75, 3.05) is 11.1 Å². The first kappa shape index (κ1) is 23.2. The van der Waals surface area contributed by atoms with Crippen LogP contribution in [-0.2, 0) is 4.79 Å². The van der Waals surface area contributed by atoms with E-state index in [1.807, 2.05) is 90.3 Å². The number of carbonyl (C=O) groups excluding carboxylic acids is 1. The van der Waals surface area contributed by atoms with Crippen LogP contribution in [0.25, 0.3) is 33.8 Å². The topological polar surface area (TPSA) is 80.7 Å². The second-order valence-corrected chi connectivity index (χ2v) is 9.64. The van der Waals surface area contributed by atoms with Crippen molar-refractivity contribution in [1.82, 2.24) is 20.2 Å². The maximum atomic E-state index is 12.6. The quantitative estimate of drug-likeness (QED) is 0.242. The summed E-state index contributed by atoms with van der Waals surface area (Å²) in [5, 5.41) is 15.1. The van der Waals surface area contributed by atoms with E-state index in [1.54, 1.807) is 0 Å². The molecule has 0 aliphatic rings. The van der Waals surface area contributed by atoms with Gasteiger partial charge in [-0.15, -0.1) is 21.5 Å². The molecule has 0 atom stereocenters. The van der Waals surface area contributed by atoms with Gasteiger partial charge in [-0.2, -0.15) is 0 Å². The van der Waals surface area contributed by atoms with E-state index in [0.29, 0.717) is 21.0 Å². The smallest absolute Gasteiger partial charge is 0.236 e. The van der Waals surface area contributed by atoms with Crippen LogP contribution in [0.3, 0.4) is 0 Å². The van der Waals surface area contributed by atoms with Crippen molar-refractivity contribution in [3.8, 4) is 33.8 Å². The van der Waals surface area contributed by atoms with Gasteiger partial charge in [0.25, 0.3) is 0 Å². The van der Waals surface area contributed by atoms with Crippen LogP contribution in [0.1, 0.15) is 0 Å². The van der Waals surface area contributed by atoms with E-state index >= 15 is 0 Å². The number of hydrogen-bond acceptors (Lipinski definition) is 7. The highest BCUT2D eigenvalue weighted by atomic mass is 35.5. The van der Waals surface area contributed by atoms with Crippen molar-refractivity contribution in [1.29, 1.82) is 0 Å². The van der Waals surface area contributed by atoms with Crippen molar-refractivity contribution in [3.05, 3.63) is 95.3 Å². The average molecular weight is 516 g/mol. The first-order valence-corrected chi connectivity index (χ1v) is 12.9. The molecule has 0 unspecified atom stereocenters. The maximum Gasteiger partial charge on any atom is 0.236 e. The molecule has 5 aromatic rings. The second-order valence-electron chi connectivity index (χ2n) is 7.41. The lowest BCUT2D eigenvalue weighted by molar-refractivity contribution is -0.113. The summed E-state index contributed by atoms with van der Waals surface area (Å²) in [6.45, 7) is 0. The maximum absolute atomic E-state index is 12.6. The van der Waals surface area contributed by atoms with E-state index in [2.05, 4.69) is 20.5 Å². The Bertz CT molecular complexity index is 1440. The lowest BCUT2D eigenvalue weighted by atomic mass is 10.0. The number of hydrogen-bond donors (Lipinski definition) is 1. The Labute approximate surface area is 215 Å². The average Bonchev–Trinajstić information content (AvgIpc) is 3.37. The lowest BCUT2D eigenvalue weighted by Gasteiger charge is -2.09. The predicted molar refractivity (Wildman–Crippen MR) is 143 cm³/mol. The van der Waals surface area contributed by atoms with Crippen molar-refractivity contribution >= 4 is 45.7 Å². The minimum atomic E-state index is -0.191. The Morgan fingerprint density at radius 3 is 2.14 bits per heavy atom. The Kier molecular flexibility index (Phi) is 7.13. The van der Waals surface area contributed by atoms with Gasteiger partial charge in [0.2, 0.25) is 11.1 Å². The summed E-state index contributed by atoms with van der Waals surface area (Å²) in [5.41, 5.74) is 5.01. The second kappa shape index (κ2) is 10.8. The van der Waals surface area contributed by atoms with Crippen LogP contribution in [0, 0.1) is 0 Å². The van der Waals surface area contributed by atoms with E-state index in [4.69, 9.17) is 16.6 Å². The van der Waals surface area contributed by atoms with Crippen LogP contribution >= 0.6 is 34.7 Å². The number of thiazole rings is 1. The zero-order valence-corrected chi connectivity index (χ0v) is 20.6. The Hall–Kier alpha value is -3.59. The number of anilines is 1. The van der Waals surface area contributed by atoms with E-state index in [-0.39, 0.29) is 11.7 Å². The van der Waals surface area contributed by atoms with Crippen LogP contribution in [0.15, 0.2) is 95.5 Å². The highest BCUT2D eigenvalue weighted by Gasteiger charge is 2.15. The highest BCUT2D eigenvalue weighted by molar-refractivity contribution is 7.99. The minimum absolute atomic E-state index is 0.135. The number of rotatable bonds is 7. The molecule has 0 spiro atoms. The number of halogens is 1. The van der Waals surface area contributed by atoms with Crippen molar-refractivity contribution < 1.29 is 4.79 Å². The van der Waals surface area contributed by atoms with Gasteiger partial charge in [0.05, 0.1) is 11.4 Å². The van der Waals surface area contributed by atoms with Crippen molar-refractivity contribution in [2.45, 2.75) is 5.16 Å². The number of aromatic nitrogens is 4. The molecule has 9 heteroatoms. The third-order valence-electron chi connectivity index (χ3n) is 4.98. The molecule has 0 aliphatic carbocycles. The first-order valence-electron chi connectivity index (χ1n) is 10.7. The predicted octanol–water partition coefficient (Wildman–Crippen LogP) is 6.71. The molecule has 3 aromatic carbocycles. The Morgan fingerprint density at radius 2 is 1.46 bits per heavy atom. The normalized spacial score (nSPS) is 10.8. The van der Waals surface area contributed by atoms with Gasteiger partial charge in [-0.3, -0.25) is 4.79 Å². The molecule has 1 amide bonds. The van der Waals surface area contributed by atoms with Gasteiger partial charge in [-0.1, -0.05) is 96.2 Å². The lowest BCUT2D eigenvalue weighted by Crippen LogP contribution is -2.14. The molecule has 2 aromatic heterocycles. The highest BCUT2D eigenvalue weighted by Crippen LogP contribution is 2.30. The minimum Gasteiger partial charge on any atom is -0.301 e. The summed E-state index contributed by atoms with van der Waals surface area (Å²) < 4.78 is 0. The molecule has 0 fully saturated rings. The fourth-order valence-electron chi connectivity index (χ4n) is 3.33. The van der Waals surface area contributed by atoms with E-state index < -0.39 is 0 Å². The fraction of sp³-hybridized carbons (Fsp3) is 0.0385. The largest absolute Gasteiger partial charge is 0.301 e. The van der Waals surface area contributed by atoms with Gasteiger partial charge < -0.3 is 5.32 Å². The summed E-state index contributed by atoms with van der Waals surface area (Å²) in [5.74, 6) is -0.0554. The SMILES string of the molecule is O=C(CSc1nnc(-c2ccccc2)c(-c2ccccc2)n1)Nc1nc(-c2ccc(Cl)cc2)cs1. The summed E-state index contributed by atoms with van der Waals surface area (Å²) in [6.07, 6.45) is 0.